The minimum Gasteiger partial charge on any atom is -0.207 e. The van der Waals surface area contributed by atoms with Crippen molar-refractivity contribution in [3.8, 4) is 0 Å². The standard InChI is InChI=1S/C8H12F2/c9-8(10)4-6-1-2-7(3-6)5-8/h6-7H,1-5H2. The number of rotatable bonds is 0. The molecule has 2 rings (SSSR count). The molecule has 2 heteroatoms. The van der Waals surface area contributed by atoms with Gasteiger partial charge in [0.1, 0.15) is 0 Å². The molecule has 0 nitrogen and oxygen atoms in total. The lowest BCUT2D eigenvalue weighted by atomic mass is 9.86. The van der Waals surface area contributed by atoms with Crippen LogP contribution in [0.5, 0.6) is 0 Å². The van der Waals surface area contributed by atoms with Gasteiger partial charge >= 0.3 is 0 Å². The molecule has 0 aromatic rings. The summed E-state index contributed by atoms with van der Waals surface area (Å²) in [5.41, 5.74) is 0. The van der Waals surface area contributed by atoms with Crippen LogP contribution in [0.15, 0.2) is 0 Å². The van der Waals surface area contributed by atoms with E-state index in [0.29, 0.717) is 11.8 Å². The number of alkyl halides is 2. The zero-order valence-corrected chi connectivity index (χ0v) is 5.95. The third-order valence-corrected chi connectivity index (χ3v) is 2.82. The van der Waals surface area contributed by atoms with Gasteiger partial charge in [-0.15, -0.1) is 0 Å². The van der Waals surface area contributed by atoms with Gasteiger partial charge in [0.2, 0.25) is 5.92 Å². The molecule has 2 aliphatic rings. The number of halogens is 2. The second-order valence-corrected chi connectivity index (χ2v) is 3.81. The molecule has 0 radical (unpaired) electrons. The summed E-state index contributed by atoms with van der Waals surface area (Å²) in [6.07, 6.45) is 3.53. The fourth-order valence-electron chi connectivity index (χ4n) is 2.48. The van der Waals surface area contributed by atoms with E-state index in [1.54, 1.807) is 0 Å². The number of hydrogen-bond acceptors (Lipinski definition) is 0. The Balaban J connectivity index is 2.09. The zero-order chi connectivity index (χ0) is 7.19. The molecule has 0 N–H and O–H groups in total. The molecule has 10 heavy (non-hydrogen) atoms. The van der Waals surface area contributed by atoms with E-state index in [2.05, 4.69) is 0 Å². The van der Waals surface area contributed by atoms with Crippen LogP contribution in [0, 0.1) is 11.8 Å². The van der Waals surface area contributed by atoms with Crippen molar-refractivity contribution in [1.29, 1.82) is 0 Å². The molecule has 0 aromatic heterocycles. The van der Waals surface area contributed by atoms with Gasteiger partial charge in [0.15, 0.2) is 0 Å². The minimum absolute atomic E-state index is 0.170. The van der Waals surface area contributed by atoms with E-state index in [1.165, 1.54) is 0 Å². The van der Waals surface area contributed by atoms with Crippen LogP contribution in [0.4, 0.5) is 8.78 Å². The van der Waals surface area contributed by atoms with E-state index in [9.17, 15) is 8.78 Å². The van der Waals surface area contributed by atoms with E-state index in [4.69, 9.17) is 0 Å². The normalized spacial score (nSPS) is 43.8. The molecule has 0 aromatic carbocycles. The Kier molecular flexibility index (Phi) is 1.26. The molecule has 0 amide bonds. The molecular formula is C8H12F2. The highest BCUT2D eigenvalue weighted by molar-refractivity contribution is 4.88. The Morgan fingerprint density at radius 2 is 1.50 bits per heavy atom. The van der Waals surface area contributed by atoms with Gasteiger partial charge < -0.3 is 0 Å². The molecule has 0 saturated heterocycles. The van der Waals surface area contributed by atoms with E-state index >= 15 is 0 Å². The van der Waals surface area contributed by atoms with Crippen LogP contribution in [0.1, 0.15) is 32.1 Å². The summed E-state index contributed by atoms with van der Waals surface area (Å²) in [6.45, 7) is 0. The Labute approximate surface area is 59.6 Å². The minimum atomic E-state index is -2.32. The first-order valence-corrected chi connectivity index (χ1v) is 4.03. The van der Waals surface area contributed by atoms with Gasteiger partial charge in [0, 0.05) is 12.8 Å². The lowest BCUT2D eigenvalue weighted by Crippen LogP contribution is -2.26. The van der Waals surface area contributed by atoms with Gasteiger partial charge in [-0.25, -0.2) is 8.78 Å². The topological polar surface area (TPSA) is 0 Å². The smallest absolute Gasteiger partial charge is 0.207 e. The predicted molar refractivity (Wildman–Crippen MR) is 35.0 cm³/mol. The van der Waals surface area contributed by atoms with Gasteiger partial charge in [0.25, 0.3) is 0 Å². The highest BCUT2D eigenvalue weighted by atomic mass is 19.3. The summed E-state index contributed by atoms with van der Waals surface area (Å²) in [4.78, 5) is 0. The van der Waals surface area contributed by atoms with Crippen molar-refractivity contribution < 1.29 is 8.78 Å². The fraction of sp³-hybridized carbons (Fsp3) is 1.00. The molecule has 2 atom stereocenters. The number of hydrogen-bond donors (Lipinski definition) is 0. The van der Waals surface area contributed by atoms with Crippen molar-refractivity contribution in [2.75, 3.05) is 0 Å². The third kappa shape index (κ3) is 1.04. The van der Waals surface area contributed by atoms with E-state index in [1.807, 2.05) is 0 Å². The monoisotopic (exact) mass is 146 g/mol. The first-order valence-electron chi connectivity index (χ1n) is 4.03. The first-order chi connectivity index (χ1) is 4.66. The van der Waals surface area contributed by atoms with Crippen LogP contribution >= 0.6 is 0 Å². The average molecular weight is 146 g/mol. The third-order valence-electron chi connectivity index (χ3n) is 2.82. The van der Waals surface area contributed by atoms with Gasteiger partial charge in [-0.3, -0.25) is 0 Å². The number of fused-ring (bicyclic) bond motifs is 2. The summed E-state index contributed by atoms with van der Waals surface area (Å²) in [6, 6.07) is 0. The Morgan fingerprint density at radius 3 is 2.00 bits per heavy atom. The van der Waals surface area contributed by atoms with E-state index in [0.717, 1.165) is 19.3 Å². The van der Waals surface area contributed by atoms with Crippen molar-refractivity contribution in [1.82, 2.24) is 0 Å². The molecule has 0 aliphatic heterocycles. The molecule has 58 valence electrons. The fourth-order valence-corrected chi connectivity index (χ4v) is 2.48. The molecule has 2 fully saturated rings. The average Bonchev–Trinajstić information content (AvgIpc) is 2.08. The Hall–Kier alpha value is -0.140. The maximum Gasteiger partial charge on any atom is 0.248 e. The Bertz CT molecular complexity index is 128. The van der Waals surface area contributed by atoms with Crippen molar-refractivity contribution in [3.05, 3.63) is 0 Å². The Morgan fingerprint density at radius 1 is 1.00 bits per heavy atom. The van der Waals surface area contributed by atoms with E-state index in [-0.39, 0.29) is 12.8 Å². The van der Waals surface area contributed by atoms with Crippen LogP contribution in [0.25, 0.3) is 0 Å². The molecule has 2 saturated carbocycles. The van der Waals surface area contributed by atoms with Crippen molar-refractivity contribution in [2.45, 2.75) is 38.0 Å². The molecule has 2 unspecified atom stereocenters. The summed E-state index contributed by atoms with van der Waals surface area (Å²) >= 11 is 0. The van der Waals surface area contributed by atoms with Gasteiger partial charge in [-0.05, 0) is 31.1 Å². The lowest BCUT2D eigenvalue weighted by Gasteiger charge is -2.26. The zero-order valence-electron chi connectivity index (χ0n) is 5.95. The lowest BCUT2D eigenvalue weighted by molar-refractivity contribution is -0.0565. The molecular weight excluding hydrogens is 134 g/mol. The molecule has 0 heterocycles. The van der Waals surface area contributed by atoms with Crippen molar-refractivity contribution in [3.63, 3.8) is 0 Å². The summed E-state index contributed by atoms with van der Waals surface area (Å²) in [5, 5.41) is 0. The van der Waals surface area contributed by atoms with Crippen LogP contribution < -0.4 is 0 Å². The quantitative estimate of drug-likeness (QED) is 0.493. The summed E-state index contributed by atoms with van der Waals surface area (Å²) in [7, 11) is 0. The highest BCUT2D eigenvalue weighted by Crippen LogP contribution is 2.48. The van der Waals surface area contributed by atoms with Crippen LogP contribution in [0.3, 0.4) is 0 Å². The first kappa shape index (κ1) is 6.56. The van der Waals surface area contributed by atoms with Gasteiger partial charge in [-0.1, -0.05) is 0 Å². The predicted octanol–water partition coefficient (Wildman–Crippen LogP) is 2.83. The second kappa shape index (κ2) is 1.93. The van der Waals surface area contributed by atoms with Crippen molar-refractivity contribution in [2.24, 2.45) is 11.8 Å². The van der Waals surface area contributed by atoms with Crippen LogP contribution in [-0.2, 0) is 0 Å². The van der Waals surface area contributed by atoms with Gasteiger partial charge in [-0.2, -0.15) is 0 Å². The molecule has 0 spiro atoms. The van der Waals surface area contributed by atoms with Crippen LogP contribution in [0.2, 0.25) is 0 Å². The van der Waals surface area contributed by atoms with Gasteiger partial charge in [0.05, 0.1) is 0 Å². The maximum absolute atomic E-state index is 12.7. The summed E-state index contributed by atoms with van der Waals surface area (Å²) < 4.78 is 25.5. The maximum atomic E-state index is 12.7. The second-order valence-electron chi connectivity index (χ2n) is 3.81. The molecule has 2 aliphatic carbocycles. The van der Waals surface area contributed by atoms with Crippen molar-refractivity contribution >= 4 is 0 Å². The van der Waals surface area contributed by atoms with Crippen LogP contribution in [-0.4, -0.2) is 5.92 Å². The molecule has 2 bridgehead atoms. The highest BCUT2D eigenvalue weighted by Gasteiger charge is 2.44. The largest absolute Gasteiger partial charge is 0.248 e. The summed E-state index contributed by atoms with van der Waals surface area (Å²) in [5.74, 6) is -1.60. The SMILES string of the molecule is FC1(F)CC2CCC(C2)C1. The van der Waals surface area contributed by atoms with E-state index < -0.39 is 5.92 Å².